The summed E-state index contributed by atoms with van der Waals surface area (Å²) < 4.78 is 53.5. The van der Waals surface area contributed by atoms with Gasteiger partial charge in [0, 0.05) is 18.9 Å². The Morgan fingerprint density at radius 2 is 1.53 bits per heavy atom. The molecule has 0 saturated heterocycles. The SMILES string of the molecule is Cc1ccc(S(=O)(=O)N(C)CC(=O)Nc2ccc(S(=O)(=O)Nc3cccnc3)cc2)cc1. The molecule has 32 heavy (non-hydrogen) atoms. The molecule has 168 valence electrons. The highest BCUT2D eigenvalue weighted by atomic mass is 32.2. The fourth-order valence-electron chi connectivity index (χ4n) is 2.73. The number of hydrogen-bond acceptors (Lipinski definition) is 6. The van der Waals surface area contributed by atoms with E-state index in [0.29, 0.717) is 11.4 Å². The molecule has 11 heteroatoms. The van der Waals surface area contributed by atoms with E-state index in [9.17, 15) is 21.6 Å². The molecule has 9 nitrogen and oxygen atoms in total. The largest absolute Gasteiger partial charge is 0.325 e. The number of rotatable bonds is 8. The summed E-state index contributed by atoms with van der Waals surface area (Å²) >= 11 is 0. The van der Waals surface area contributed by atoms with Gasteiger partial charge in [-0.25, -0.2) is 16.8 Å². The number of benzene rings is 2. The molecular formula is C21H22N4O5S2. The second kappa shape index (κ2) is 9.47. The minimum atomic E-state index is -3.82. The molecule has 2 N–H and O–H groups in total. The van der Waals surface area contributed by atoms with Crippen molar-refractivity contribution in [3.8, 4) is 0 Å². The normalized spacial score (nSPS) is 11.8. The highest BCUT2D eigenvalue weighted by Gasteiger charge is 2.23. The molecule has 1 heterocycles. The minimum Gasteiger partial charge on any atom is -0.325 e. The van der Waals surface area contributed by atoms with Gasteiger partial charge in [0.15, 0.2) is 0 Å². The van der Waals surface area contributed by atoms with Gasteiger partial charge >= 0.3 is 0 Å². The van der Waals surface area contributed by atoms with Crippen molar-refractivity contribution in [3.05, 3.63) is 78.6 Å². The van der Waals surface area contributed by atoms with Crippen LogP contribution in [0.25, 0.3) is 0 Å². The predicted octanol–water partition coefficient (Wildman–Crippen LogP) is 2.45. The Kier molecular flexibility index (Phi) is 6.92. The van der Waals surface area contributed by atoms with Crippen LogP contribution in [0.3, 0.4) is 0 Å². The number of aromatic nitrogens is 1. The Hall–Kier alpha value is -3.28. The number of carbonyl (C=O) groups is 1. The number of nitrogens with one attached hydrogen (secondary N) is 2. The van der Waals surface area contributed by atoms with Crippen LogP contribution >= 0.6 is 0 Å². The third kappa shape index (κ3) is 5.69. The number of sulfonamides is 2. The monoisotopic (exact) mass is 474 g/mol. The third-order valence-electron chi connectivity index (χ3n) is 4.46. The lowest BCUT2D eigenvalue weighted by molar-refractivity contribution is -0.116. The van der Waals surface area contributed by atoms with Crippen LogP contribution in [0.4, 0.5) is 11.4 Å². The van der Waals surface area contributed by atoms with Gasteiger partial charge in [0.25, 0.3) is 10.0 Å². The molecule has 0 aliphatic rings. The van der Waals surface area contributed by atoms with Gasteiger partial charge in [-0.05, 0) is 55.5 Å². The van der Waals surface area contributed by atoms with Crippen molar-refractivity contribution in [2.45, 2.75) is 16.7 Å². The first-order valence-corrected chi connectivity index (χ1v) is 12.4. The number of nitrogens with zero attached hydrogens (tertiary/aromatic N) is 2. The molecule has 0 bridgehead atoms. The fourth-order valence-corrected chi connectivity index (χ4v) is 4.90. The smallest absolute Gasteiger partial charge is 0.261 e. The van der Waals surface area contributed by atoms with Gasteiger partial charge in [-0.15, -0.1) is 0 Å². The van der Waals surface area contributed by atoms with Gasteiger partial charge in [0.1, 0.15) is 0 Å². The number of amides is 1. The molecule has 1 aromatic heterocycles. The maximum absolute atomic E-state index is 12.6. The van der Waals surface area contributed by atoms with Crippen molar-refractivity contribution < 1.29 is 21.6 Å². The summed E-state index contributed by atoms with van der Waals surface area (Å²) in [7, 11) is -6.33. The van der Waals surface area contributed by atoms with Gasteiger partial charge in [-0.3, -0.25) is 14.5 Å². The molecule has 0 aliphatic heterocycles. The molecule has 3 aromatic rings. The zero-order valence-corrected chi connectivity index (χ0v) is 19.0. The average Bonchev–Trinajstić information content (AvgIpc) is 2.74. The summed E-state index contributed by atoms with van der Waals surface area (Å²) in [5, 5.41) is 2.56. The number of carbonyl (C=O) groups excluding carboxylic acids is 1. The van der Waals surface area contributed by atoms with Crippen LogP contribution in [0.15, 0.2) is 82.8 Å². The molecule has 0 spiro atoms. The van der Waals surface area contributed by atoms with E-state index in [1.165, 1.54) is 55.8 Å². The summed E-state index contributed by atoms with van der Waals surface area (Å²) in [5.74, 6) is -0.563. The summed E-state index contributed by atoms with van der Waals surface area (Å²) in [5.41, 5.74) is 1.57. The Balaban J connectivity index is 1.63. The van der Waals surface area contributed by atoms with E-state index < -0.39 is 32.5 Å². The first-order valence-electron chi connectivity index (χ1n) is 9.44. The van der Waals surface area contributed by atoms with E-state index in [-0.39, 0.29) is 9.79 Å². The van der Waals surface area contributed by atoms with E-state index in [1.807, 2.05) is 6.92 Å². The zero-order valence-electron chi connectivity index (χ0n) is 17.4. The average molecular weight is 475 g/mol. The number of pyridine rings is 1. The lowest BCUT2D eigenvalue weighted by atomic mass is 10.2. The van der Waals surface area contributed by atoms with E-state index in [1.54, 1.807) is 24.3 Å². The number of likely N-dealkylation sites (N-methyl/N-ethyl adjacent to an activating group) is 1. The van der Waals surface area contributed by atoms with E-state index in [0.717, 1.165) is 9.87 Å². The lowest BCUT2D eigenvalue weighted by Gasteiger charge is -2.17. The van der Waals surface area contributed by atoms with Gasteiger partial charge in [0.05, 0.1) is 28.2 Å². The Bertz CT molecular complexity index is 1290. The first kappa shape index (κ1) is 23.4. The Morgan fingerprint density at radius 1 is 0.906 bits per heavy atom. The highest BCUT2D eigenvalue weighted by Crippen LogP contribution is 2.18. The molecular weight excluding hydrogens is 452 g/mol. The summed E-state index contributed by atoms with van der Waals surface area (Å²) in [4.78, 5) is 16.3. The maximum atomic E-state index is 12.6. The van der Waals surface area contributed by atoms with Crippen molar-refractivity contribution in [1.82, 2.24) is 9.29 Å². The van der Waals surface area contributed by atoms with E-state index in [2.05, 4.69) is 15.0 Å². The molecule has 0 unspecified atom stereocenters. The third-order valence-corrected chi connectivity index (χ3v) is 7.67. The molecule has 0 fully saturated rings. The standard InChI is InChI=1S/C21H22N4O5S2/c1-16-5-9-20(10-6-16)32(29,30)25(2)15-21(26)23-17-7-11-19(12-8-17)31(27,28)24-18-4-3-13-22-14-18/h3-14,24H,15H2,1-2H3,(H,23,26). The number of anilines is 2. The summed E-state index contributed by atoms with van der Waals surface area (Å²) in [6.45, 7) is 1.44. The molecule has 3 rings (SSSR count). The number of aryl methyl sites for hydroxylation is 1. The molecule has 0 saturated carbocycles. The van der Waals surface area contributed by atoms with Crippen molar-refractivity contribution in [3.63, 3.8) is 0 Å². The quantitative estimate of drug-likeness (QED) is 0.517. The lowest BCUT2D eigenvalue weighted by Crippen LogP contribution is -2.34. The molecule has 2 aromatic carbocycles. The Morgan fingerprint density at radius 3 is 2.12 bits per heavy atom. The van der Waals surface area contributed by atoms with Crippen LogP contribution in [-0.4, -0.2) is 45.6 Å². The summed E-state index contributed by atoms with van der Waals surface area (Å²) in [6.07, 6.45) is 2.91. The van der Waals surface area contributed by atoms with Crippen LogP contribution in [0, 0.1) is 6.92 Å². The second-order valence-corrected chi connectivity index (χ2v) is 10.7. The van der Waals surface area contributed by atoms with Gasteiger partial charge in [-0.2, -0.15) is 4.31 Å². The van der Waals surface area contributed by atoms with Crippen molar-refractivity contribution in [2.24, 2.45) is 0 Å². The van der Waals surface area contributed by atoms with Crippen LogP contribution in [-0.2, 0) is 24.8 Å². The molecule has 1 amide bonds. The molecule has 0 radical (unpaired) electrons. The second-order valence-electron chi connectivity index (χ2n) is 6.99. The zero-order chi connectivity index (χ0) is 23.4. The predicted molar refractivity (Wildman–Crippen MR) is 121 cm³/mol. The highest BCUT2D eigenvalue weighted by molar-refractivity contribution is 7.92. The molecule has 0 aliphatic carbocycles. The Labute approximate surface area is 187 Å². The minimum absolute atomic E-state index is 0.00146. The van der Waals surface area contributed by atoms with Crippen LogP contribution in [0.5, 0.6) is 0 Å². The van der Waals surface area contributed by atoms with Crippen molar-refractivity contribution in [2.75, 3.05) is 23.6 Å². The number of hydrogen-bond donors (Lipinski definition) is 2. The van der Waals surface area contributed by atoms with Crippen molar-refractivity contribution >= 4 is 37.3 Å². The first-order chi connectivity index (χ1) is 15.1. The molecule has 0 atom stereocenters. The van der Waals surface area contributed by atoms with E-state index >= 15 is 0 Å². The van der Waals surface area contributed by atoms with Crippen LogP contribution in [0.1, 0.15) is 5.56 Å². The van der Waals surface area contributed by atoms with E-state index in [4.69, 9.17) is 0 Å². The topological polar surface area (TPSA) is 126 Å². The maximum Gasteiger partial charge on any atom is 0.261 e. The van der Waals surface area contributed by atoms with Crippen LogP contribution in [0.2, 0.25) is 0 Å². The van der Waals surface area contributed by atoms with Gasteiger partial charge < -0.3 is 5.32 Å². The fraction of sp³-hybridized carbons (Fsp3) is 0.143. The van der Waals surface area contributed by atoms with Gasteiger partial charge in [-0.1, -0.05) is 17.7 Å². The van der Waals surface area contributed by atoms with Gasteiger partial charge in [0.2, 0.25) is 15.9 Å². The van der Waals surface area contributed by atoms with Crippen molar-refractivity contribution in [1.29, 1.82) is 0 Å². The summed E-state index contributed by atoms with van der Waals surface area (Å²) in [6, 6.07) is 15.0. The van der Waals surface area contributed by atoms with Crippen LogP contribution < -0.4 is 10.0 Å².